The molecule has 1 saturated heterocycles. The Morgan fingerprint density at radius 2 is 2.57 bits per heavy atom. The van der Waals surface area contributed by atoms with Gasteiger partial charge in [-0.1, -0.05) is 6.07 Å². The Hall–Kier alpha value is -0.930. The predicted molar refractivity (Wildman–Crippen MR) is 56.9 cm³/mol. The van der Waals surface area contributed by atoms with Crippen LogP contribution in [0.3, 0.4) is 0 Å². The Bertz CT molecular complexity index is 254. The van der Waals surface area contributed by atoms with Crippen LogP contribution in [0.2, 0.25) is 0 Å². The zero-order valence-corrected chi connectivity index (χ0v) is 8.37. The molecule has 1 aliphatic heterocycles. The van der Waals surface area contributed by atoms with Crippen molar-refractivity contribution >= 4 is 0 Å². The smallest absolute Gasteiger partial charge is 0.0312 e. The molecule has 1 atom stereocenters. The lowest BCUT2D eigenvalue weighted by atomic mass is 10.1. The quantitative estimate of drug-likeness (QED) is 0.738. The van der Waals surface area contributed by atoms with Gasteiger partial charge in [0.15, 0.2) is 0 Å². The Morgan fingerprint density at radius 3 is 3.29 bits per heavy atom. The summed E-state index contributed by atoms with van der Waals surface area (Å²) in [5.74, 6) is 0.812. The van der Waals surface area contributed by atoms with Crippen LogP contribution in [0.4, 0.5) is 0 Å². The molecular weight excluding hydrogens is 174 g/mol. The first-order valence-electron chi connectivity index (χ1n) is 5.25. The van der Waals surface area contributed by atoms with Crippen molar-refractivity contribution in [3.63, 3.8) is 0 Å². The maximum atomic E-state index is 4.08. The Morgan fingerprint density at radius 1 is 1.57 bits per heavy atom. The van der Waals surface area contributed by atoms with Gasteiger partial charge in [-0.2, -0.15) is 0 Å². The minimum absolute atomic E-state index is 0.812. The van der Waals surface area contributed by atoms with Gasteiger partial charge in [0.1, 0.15) is 0 Å². The topological polar surface area (TPSA) is 37.0 Å². The van der Waals surface area contributed by atoms with Gasteiger partial charge in [-0.3, -0.25) is 4.98 Å². The molecule has 76 valence electrons. The van der Waals surface area contributed by atoms with Crippen LogP contribution in [-0.4, -0.2) is 24.6 Å². The minimum atomic E-state index is 0.812. The SMILES string of the molecule is c1cncc(CNC[C@H]2CCNC2)c1. The maximum absolute atomic E-state index is 4.08. The summed E-state index contributed by atoms with van der Waals surface area (Å²) in [7, 11) is 0. The van der Waals surface area contributed by atoms with Crippen molar-refractivity contribution < 1.29 is 0 Å². The zero-order chi connectivity index (χ0) is 9.64. The van der Waals surface area contributed by atoms with E-state index in [1.165, 1.54) is 25.1 Å². The summed E-state index contributed by atoms with van der Waals surface area (Å²) in [5, 5.41) is 6.83. The van der Waals surface area contributed by atoms with Gasteiger partial charge in [-0.25, -0.2) is 0 Å². The van der Waals surface area contributed by atoms with Crippen LogP contribution in [0.25, 0.3) is 0 Å². The van der Waals surface area contributed by atoms with Gasteiger partial charge in [0, 0.05) is 18.9 Å². The number of pyridine rings is 1. The maximum Gasteiger partial charge on any atom is 0.0312 e. The molecule has 0 spiro atoms. The molecule has 3 nitrogen and oxygen atoms in total. The normalized spacial score (nSPS) is 21.3. The zero-order valence-electron chi connectivity index (χ0n) is 8.37. The molecule has 1 fully saturated rings. The van der Waals surface area contributed by atoms with Gasteiger partial charge >= 0.3 is 0 Å². The highest BCUT2D eigenvalue weighted by Gasteiger charge is 2.12. The van der Waals surface area contributed by atoms with Crippen molar-refractivity contribution in [2.75, 3.05) is 19.6 Å². The molecule has 0 aromatic carbocycles. The van der Waals surface area contributed by atoms with Crippen LogP contribution in [0, 0.1) is 5.92 Å². The summed E-state index contributed by atoms with van der Waals surface area (Å²) in [6.45, 7) is 4.39. The number of rotatable bonds is 4. The standard InChI is InChI=1S/C11H17N3/c1-2-10(6-12-4-1)8-14-9-11-3-5-13-7-11/h1-2,4,6,11,13-14H,3,5,7-9H2/t11-/m0/s1. The molecule has 3 heteroatoms. The third-order valence-electron chi connectivity index (χ3n) is 2.65. The van der Waals surface area contributed by atoms with E-state index < -0.39 is 0 Å². The minimum Gasteiger partial charge on any atom is -0.316 e. The second kappa shape index (κ2) is 5.08. The van der Waals surface area contributed by atoms with E-state index in [1.807, 2.05) is 18.5 Å². The van der Waals surface area contributed by atoms with Crippen molar-refractivity contribution in [3.8, 4) is 0 Å². The van der Waals surface area contributed by atoms with E-state index in [-0.39, 0.29) is 0 Å². The van der Waals surface area contributed by atoms with E-state index in [0.29, 0.717) is 0 Å². The van der Waals surface area contributed by atoms with Crippen LogP contribution < -0.4 is 10.6 Å². The number of nitrogens with zero attached hydrogens (tertiary/aromatic N) is 1. The van der Waals surface area contributed by atoms with Crippen LogP contribution in [0.5, 0.6) is 0 Å². The third-order valence-corrected chi connectivity index (χ3v) is 2.65. The average Bonchev–Trinajstić information content (AvgIpc) is 2.72. The third kappa shape index (κ3) is 2.79. The highest BCUT2D eigenvalue weighted by molar-refractivity contribution is 5.07. The van der Waals surface area contributed by atoms with E-state index in [2.05, 4.69) is 21.7 Å². The lowest BCUT2D eigenvalue weighted by Crippen LogP contribution is -2.24. The van der Waals surface area contributed by atoms with Gasteiger partial charge in [0.2, 0.25) is 0 Å². The highest BCUT2D eigenvalue weighted by Crippen LogP contribution is 2.05. The molecule has 2 N–H and O–H groups in total. The van der Waals surface area contributed by atoms with Crippen molar-refractivity contribution in [1.82, 2.24) is 15.6 Å². The molecule has 2 heterocycles. The van der Waals surface area contributed by atoms with Crippen molar-refractivity contribution in [3.05, 3.63) is 30.1 Å². The van der Waals surface area contributed by atoms with E-state index in [0.717, 1.165) is 19.0 Å². The van der Waals surface area contributed by atoms with Gasteiger partial charge < -0.3 is 10.6 Å². The van der Waals surface area contributed by atoms with Crippen molar-refractivity contribution in [1.29, 1.82) is 0 Å². The van der Waals surface area contributed by atoms with E-state index in [4.69, 9.17) is 0 Å². The summed E-state index contributed by atoms with van der Waals surface area (Å²) < 4.78 is 0. The lowest BCUT2D eigenvalue weighted by Gasteiger charge is -2.09. The lowest BCUT2D eigenvalue weighted by molar-refractivity contribution is 0.512. The Balaban J connectivity index is 1.67. The van der Waals surface area contributed by atoms with Gasteiger partial charge in [-0.05, 0) is 43.6 Å². The number of nitrogens with one attached hydrogen (secondary N) is 2. The van der Waals surface area contributed by atoms with E-state index in [1.54, 1.807) is 0 Å². The molecule has 14 heavy (non-hydrogen) atoms. The second-order valence-electron chi connectivity index (χ2n) is 3.85. The van der Waals surface area contributed by atoms with Crippen molar-refractivity contribution in [2.24, 2.45) is 5.92 Å². The fourth-order valence-electron chi connectivity index (χ4n) is 1.81. The number of aromatic nitrogens is 1. The summed E-state index contributed by atoms with van der Waals surface area (Å²) in [6.07, 6.45) is 5.03. The molecule has 0 unspecified atom stereocenters. The predicted octanol–water partition coefficient (Wildman–Crippen LogP) is 0.781. The first-order valence-corrected chi connectivity index (χ1v) is 5.25. The molecule has 0 saturated carbocycles. The largest absolute Gasteiger partial charge is 0.316 e. The van der Waals surface area contributed by atoms with Crippen LogP contribution in [-0.2, 0) is 6.54 Å². The van der Waals surface area contributed by atoms with Crippen LogP contribution in [0.15, 0.2) is 24.5 Å². The molecule has 0 aliphatic carbocycles. The fraction of sp³-hybridized carbons (Fsp3) is 0.545. The Labute approximate surface area is 84.9 Å². The van der Waals surface area contributed by atoms with Crippen LogP contribution >= 0.6 is 0 Å². The summed E-state index contributed by atoms with van der Waals surface area (Å²) >= 11 is 0. The van der Waals surface area contributed by atoms with Gasteiger partial charge in [0.25, 0.3) is 0 Å². The average molecular weight is 191 g/mol. The highest BCUT2D eigenvalue weighted by atomic mass is 14.9. The van der Waals surface area contributed by atoms with E-state index in [9.17, 15) is 0 Å². The van der Waals surface area contributed by atoms with Crippen LogP contribution in [0.1, 0.15) is 12.0 Å². The molecule has 1 aliphatic rings. The summed E-state index contributed by atoms with van der Waals surface area (Å²) in [5.41, 5.74) is 1.26. The first-order chi connectivity index (χ1) is 6.95. The van der Waals surface area contributed by atoms with Gasteiger partial charge in [-0.15, -0.1) is 0 Å². The molecule has 0 radical (unpaired) electrons. The molecule has 0 bridgehead atoms. The second-order valence-corrected chi connectivity index (χ2v) is 3.85. The van der Waals surface area contributed by atoms with E-state index >= 15 is 0 Å². The molecule has 1 aromatic heterocycles. The number of hydrogen-bond acceptors (Lipinski definition) is 3. The summed E-state index contributed by atoms with van der Waals surface area (Å²) in [6, 6.07) is 4.08. The molecule has 1 aromatic rings. The molecule has 0 amide bonds. The first kappa shape index (κ1) is 9.62. The fourth-order valence-corrected chi connectivity index (χ4v) is 1.81. The molecule has 2 rings (SSSR count). The van der Waals surface area contributed by atoms with Crippen molar-refractivity contribution in [2.45, 2.75) is 13.0 Å². The monoisotopic (exact) mass is 191 g/mol. The Kier molecular flexibility index (Phi) is 3.49. The molecular formula is C11H17N3. The summed E-state index contributed by atoms with van der Waals surface area (Å²) in [4.78, 5) is 4.08. The van der Waals surface area contributed by atoms with Gasteiger partial charge in [0.05, 0.1) is 0 Å². The number of hydrogen-bond donors (Lipinski definition) is 2.